The van der Waals surface area contributed by atoms with Gasteiger partial charge >= 0.3 is 0 Å². The lowest BCUT2D eigenvalue weighted by molar-refractivity contribution is 0.752. The van der Waals surface area contributed by atoms with E-state index < -0.39 is 0 Å². The summed E-state index contributed by atoms with van der Waals surface area (Å²) in [5.74, 6) is 0. The highest BCUT2D eigenvalue weighted by atomic mass is 15.5. The number of aromatic nitrogens is 3. The van der Waals surface area contributed by atoms with E-state index in [-0.39, 0.29) is 0 Å². The van der Waals surface area contributed by atoms with Crippen LogP contribution in [0.15, 0.2) is 60.9 Å². The van der Waals surface area contributed by atoms with Crippen LogP contribution in [0.4, 0.5) is 5.69 Å². The molecule has 0 radical (unpaired) electrons. The quantitative estimate of drug-likeness (QED) is 0.787. The van der Waals surface area contributed by atoms with Crippen LogP contribution in [0.1, 0.15) is 11.1 Å². The second-order valence-electron chi connectivity index (χ2n) is 4.70. The van der Waals surface area contributed by atoms with Gasteiger partial charge in [-0.2, -0.15) is 15.0 Å². The highest BCUT2D eigenvalue weighted by Gasteiger charge is 1.98. The summed E-state index contributed by atoms with van der Waals surface area (Å²) >= 11 is 0. The lowest BCUT2D eigenvalue weighted by Crippen LogP contribution is -2.01. The minimum atomic E-state index is 0.819. The van der Waals surface area contributed by atoms with Crippen molar-refractivity contribution in [3.63, 3.8) is 0 Å². The van der Waals surface area contributed by atoms with Gasteiger partial charge in [0, 0.05) is 12.2 Å². The predicted octanol–water partition coefficient (Wildman–Crippen LogP) is 3.19. The number of hydrogen-bond donors (Lipinski definition) is 1. The van der Waals surface area contributed by atoms with E-state index in [1.807, 2.05) is 24.3 Å². The molecule has 20 heavy (non-hydrogen) atoms. The van der Waals surface area contributed by atoms with E-state index in [0.29, 0.717) is 0 Å². The Morgan fingerprint density at radius 3 is 2.20 bits per heavy atom. The summed E-state index contributed by atoms with van der Waals surface area (Å²) in [6, 6.07) is 16.6. The molecule has 1 heterocycles. The van der Waals surface area contributed by atoms with Gasteiger partial charge in [0.2, 0.25) is 0 Å². The standard InChI is InChI=1S/C16H16N4/c1-13-2-4-14(5-3-13)12-17-15-6-8-16(9-7-15)20-18-10-11-19-20/h2-11,17H,12H2,1H3. The molecular weight excluding hydrogens is 248 g/mol. The summed E-state index contributed by atoms with van der Waals surface area (Å²) in [6.07, 6.45) is 3.34. The van der Waals surface area contributed by atoms with Gasteiger partial charge in [-0.1, -0.05) is 29.8 Å². The number of nitrogens with one attached hydrogen (secondary N) is 1. The van der Waals surface area contributed by atoms with Gasteiger partial charge in [0.15, 0.2) is 0 Å². The maximum Gasteiger partial charge on any atom is 0.0858 e. The monoisotopic (exact) mass is 264 g/mol. The molecule has 0 aliphatic rings. The zero-order valence-electron chi connectivity index (χ0n) is 11.3. The average Bonchev–Trinajstić information content (AvgIpc) is 3.01. The minimum absolute atomic E-state index is 0.819. The third-order valence-electron chi connectivity index (χ3n) is 3.13. The van der Waals surface area contributed by atoms with Gasteiger partial charge < -0.3 is 5.32 Å². The van der Waals surface area contributed by atoms with Crippen molar-refractivity contribution in [1.82, 2.24) is 15.0 Å². The van der Waals surface area contributed by atoms with Crippen LogP contribution in [0.2, 0.25) is 0 Å². The van der Waals surface area contributed by atoms with Crippen molar-refractivity contribution in [2.24, 2.45) is 0 Å². The molecule has 0 bridgehead atoms. The van der Waals surface area contributed by atoms with E-state index >= 15 is 0 Å². The predicted molar refractivity (Wildman–Crippen MR) is 79.9 cm³/mol. The van der Waals surface area contributed by atoms with Gasteiger partial charge in [-0.15, -0.1) is 0 Å². The van der Waals surface area contributed by atoms with Gasteiger partial charge in [0.05, 0.1) is 18.1 Å². The second kappa shape index (κ2) is 5.57. The number of hydrogen-bond acceptors (Lipinski definition) is 3. The summed E-state index contributed by atoms with van der Waals surface area (Å²) in [7, 11) is 0. The van der Waals surface area contributed by atoms with Crippen LogP contribution in [0.3, 0.4) is 0 Å². The Bertz CT molecular complexity index is 655. The summed E-state index contributed by atoms with van der Waals surface area (Å²) in [4.78, 5) is 1.60. The first-order valence-corrected chi connectivity index (χ1v) is 6.57. The van der Waals surface area contributed by atoms with Gasteiger partial charge in [0.25, 0.3) is 0 Å². The van der Waals surface area contributed by atoms with Gasteiger partial charge in [0.1, 0.15) is 0 Å². The van der Waals surface area contributed by atoms with E-state index in [1.165, 1.54) is 11.1 Å². The number of aryl methyl sites for hydroxylation is 1. The van der Waals surface area contributed by atoms with Crippen LogP contribution >= 0.6 is 0 Å². The fraction of sp³-hybridized carbons (Fsp3) is 0.125. The SMILES string of the molecule is Cc1ccc(CNc2ccc(-n3nccn3)cc2)cc1. The highest BCUT2D eigenvalue weighted by Crippen LogP contribution is 2.13. The molecule has 100 valence electrons. The van der Waals surface area contributed by atoms with Crippen molar-refractivity contribution in [3.05, 3.63) is 72.1 Å². The summed E-state index contributed by atoms with van der Waals surface area (Å²) < 4.78 is 0. The molecule has 3 aromatic rings. The van der Waals surface area contributed by atoms with E-state index in [1.54, 1.807) is 17.2 Å². The summed E-state index contributed by atoms with van der Waals surface area (Å²) in [5.41, 5.74) is 4.59. The molecule has 0 unspecified atom stereocenters. The largest absolute Gasteiger partial charge is 0.381 e. The molecule has 0 aliphatic heterocycles. The molecule has 1 N–H and O–H groups in total. The average molecular weight is 264 g/mol. The molecule has 1 aromatic heterocycles. The topological polar surface area (TPSA) is 42.7 Å². The first kappa shape index (κ1) is 12.4. The molecule has 0 saturated carbocycles. The highest BCUT2D eigenvalue weighted by molar-refractivity contribution is 5.48. The molecule has 0 spiro atoms. The fourth-order valence-corrected chi connectivity index (χ4v) is 1.97. The first-order chi connectivity index (χ1) is 9.81. The molecule has 0 aliphatic carbocycles. The van der Waals surface area contributed by atoms with Gasteiger partial charge in [-0.3, -0.25) is 0 Å². The molecule has 3 rings (SSSR count). The number of nitrogens with zero attached hydrogens (tertiary/aromatic N) is 3. The summed E-state index contributed by atoms with van der Waals surface area (Å²) in [5, 5.41) is 11.6. The minimum Gasteiger partial charge on any atom is -0.381 e. The maximum atomic E-state index is 4.10. The molecule has 4 heteroatoms. The Morgan fingerprint density at radius 1 is 0.900 bits per heavy atom. The molecule has 0 atom stereocenters. The van der Waals surface area contributed by atoms with Crippen molar-refractivity contribution >= 4 is 5.69 Å². The van der Waals surface area contributed by atoms with Gasteiger partial charge in [-0.05, 0) is 36.8 Å². The van der Waals surface area contributed by atoms with Crippen molar-refractivity contribution in [2.75, 3.05) is 5.32 Å². The van der Waals surface area contributed by atoms with E-state index in [0.717, 1.165) is 17.9 Å². The Balaban J connectivity index is 1.65. The van der Waals surface area contributed by atoms with E-state index in [2.05, 4.69) is 46.7 Å². The van der Waals surface area contributed by atoms with Crippen molar-refractivity contribution in [2.45, 2.75) is 13.5 Å². The Labute approximate surface area is 118 Å². The molecule has 0 fully saturated rings. The van der Waals surface area contributed by atoms with Crippen LogP contribution in [-0.4, -0.2) is 15.0 Å². The van der Waals surface area contributed by atoms with Crippen molar-refractivity contribution in [1.29, 1.82) is 0 Å². The lowest BCUT2D eigenvalue weighted by Gasteiger charge is -2.07. The van der Waals surface area contributed by atoms with Crippen molar-refractivity contribution in [3.8, 4) is 5.69 Å². The van der Waals surface area contributed by atoms with E-state index in [9.17, 15) is 0 Å². The number of anilines is 1. The van der Waals surface area contributed by atoms with Crippen LogP contribution in [0.5, 0.6) is 0 Å². The number of rotatable bonds is 4. The Hall–Kier alpha value is -2.62. The van der Waals surface area contributed by atoms with Crippen molar-refractivity contribution < 1.29 is 0 Å². The molecule has 4 nitrogen and oxygen atoms in total. The first-order valence-electron chi connectivity index (χ1n) is 6.57. The Morgan fingerprint density at radius 2 is 1.55 bits per heavy atom. The molecule has 2 aromatic carbocycles. The maximum absolute atomic E-state index is 4.10. The molecule has 0 amide bonds. The smallest absolute Gasteiger partial charge is 0.0858 e. The zero-order chi connectivity index (χ0) is 13.8. The number of benzene rings is 2. The fourth-order valence-electron chi connectivity index (χ4n) is 1.97. The molecule has 0 saturated heterocycles. The third-order valence-corrected chi connectivity index (χ3v) is 3.13. The van der Waals surface area contributed by atoms with Gasteiger partial charge in [-0.25, -0.2) is 0 Å². The molecular formula is C16H16N4. The van der Waals surface area contributed by atoms with E-state index in [4.69, 9.17) is 0 Å². The van der Waals surface area contributed by atoms with Crippen LogP contribution in [-0.2, 0) is 6.54 Å². The van der Waals surface area contributed by atoms with Crippen LogP contribution in [0.25, 0.3) is 5.69 Å². The normalized spacial score (nSPS) is 10.4. The Kier molecular flexibility index (Phi) is 3.46. The second-order valence-corrected chi connectivity index (χ2v) is 4.70. The lowest BCUT2D eigenvalue weighted by atomic mass is 10.1. The zero-order valence-corrected chi connectivity index (χ0v) is 11.3. The third kappa shape index (κ3) is 2.85. The van der Waals surface area contributed by atoms with Crippen LogP contribution < -0.4 is 5.32 Å². The van der Waals surface area contributed by atoms with Crippen LogP contribution in [0, 0.1) is 6.92 Å². The summed E-state index contributed by atoms with van der Waals surface area (Å²) in [6.45, 7) is 2.92.